The van der Waals surface area contributed by atoms with Gasteiger partial charge in [0.15, 0.2) is 0 Å². The van der Waals surface area contributed by atoms with Gasteiger partial charge in [0.25, 0.3) is 0 Å². The molecule has 0 unspecified atom stereocenters. The van der Waals surface area contributed by atoms with E-state index >= 15 is 0 Å². The molecule has 47 valence electrons. The highest BCUT2D eigenvalue weighted by molar-refractivity contribution is 7.03. The fraction of sp³-hybridized carbons (Fsp3) is 0.200. The SMILES string of the molecule is [NH]C(=O)Cc1ccsn1. The molecule has 1 heterocycles. The molecule has 1 aromatic heterocycles. The summed E-state index contributed by atoms with van der Waals surface area (Å²) in [6.45, 7) is 0. The topological polar surface area (TPSA) is 53.8 Å². The lowest BCUT2D eigenvalue weighted by Gasteiger charge is -1.83. The Morgan fingerprint density at radius 1 is 1.89 bits per heavy atom. The van der Waals surface area contributed by atoms with Crippen LogP contribution in [0.3, 0.4) is 0 Å². The highest BCUT2D eigenvalue weighted by Crippen LogP contribution is 1.99. The lowest BCUT2D eigenvalue weighted by Crippen LogP contribution is -2.01. The van der Waals surface area contributed by atoms with Crippen molar-refractivity contribution in [2.75, 3.05) is 0 Å². The van der Waals surface area contributed by atoms with Crippen LogP contribution >= 0.6 is 11.5 Å². The van der Waals surface area contributed by atoms with Crippen LogP contribution in [-0.2, 0) is 11.2 Å². The van der Waals surface area contributed by atoms with Gasteiger partial charge in [0, 0.05) is 5.38 Å². The standard InChI is InChI=1S/C5H5N2OS/c6-5(8)3-4-1-2-9-7-4/h1-2,6H,3H2. The van der Waals surface area contributed by atoms with E-state index in [0.29, 0.717) is 5.69 Å². The summed E-state index contributed by atoms with van der Waals surface area (Å²) < 4.78 is 3.86. The molecule has 1 N–H and O–H groups in total. The number of carbonyl (C=O) groups excluding carboxylic acids is 1. The normalized spacial score (nSPS) is 9.33. The Labute approximate surface area is 56.7 Å². The van der Waals surface area contributed by atoms with Crippen LogP contribution in [0.1, 0.15) is 5.69 Å². The predicted octanol–water partition coefficient (Wildman–Crippen LogP) is 0.495. The molecule has 0 saturated carbocycles. The van der Waals surface area contributed by atoms with Crippen LogP contribution in [0.15, 0.2) is 11.4 Å². The molecule has 1 amide bonds. The van der Waals surface area contributed by atoms with E-state index in [1.807, 2.05) is 0 Å². The third-order valence-corrected chi connectivity index (χ3v) is 1.43. The molecule has 1 aromatic rings. The summed E-state index contributed by atoms with van der Waals surface area (Å²) in [5.74, 6) is -0.583. The van der Waals surface area contributed by atoms with Gasteiger partial charge in [-0.05, 0) is 17.6 Å². The molecule has 1 radical (unpaired) electrons. The van der Waals surface area contributed by atoms with Gasteiger partial charge in [0.2, 0.25) is 5.91 Å². The van der Waals surface area contributed by atoms with Crippen molar-refractivity contribution in [1.29, 1.82) is 0 Å². The lowest BCUT2D eigenvalue weighted by molar-refractivity contribution is -0.118. The molecule has 9 heavy (non-hydrogen) atoms. The number of nitrogens with one attached hydrogen (secondary N) is 1. The summed E-state index contributed by atoms with van der Waals surface area (Å²) in [5.41, 5.74) is 7.27. The zero-order valence-electron chi connectivity index (χ0n) is 4.63. The van der Waals surface area contributed by atoms with E-state index in [4.69, 9.17) is 5.73 Å². The van der Waals surface area contributed by atoms with Crippen LogP contribution in [0.2, 0.25) is 0 Å². The van der Waals surface area contributed by atoms with Crippen LogP contribution in [0.25, 0.3) is 0 Å². The maximum absolute atomic E-state index is 10.1. The number of hydrogen-bond acceptors (Lipinski definition) is 3. The minimum absolute atomic E-state index is 0.142. The molecule has 0 aliphatic carbocycles. The Kier molecular flexibility index (Phi) is 1.79. The van der Waals surface area contributed by atoms with Gasteiger partial charge in [-0.15, -0.1) is 0 Å². The molecule has 0 atom stereocenters. The van der Waals surface area contributed by atoms with E-state index in [1.165, 1.54) is 11.5 Å². The molecular formula is C5H5N2OS. The summed E-state index contributed by atoms with van der Waals surface area (Å²) >= 11 is 1.30. The van der Waals surface area contributed by atoms with E-state index in [0.717, 1.165) is 0 Å². The van der Waals surface area contributed by atoms with Gasteiger partial charge >= 0.3 is 0 Å². The first-order valence-electron chi connectivity index (χ1n) is 2.43. The maximum atomic E-state index is 10.1. The van der Waals surface area contributed by atoms with Gasteiger partial charge in [-0.2, -0.15) is 4.37 Å². The first-order valence-corrected chi connectivity index (χ1v) is 3.26. The molecule has 0 bridgehead atoms. The van der Waals surface area contributed by atoms with Crippen molar-refractivity contribution in [3.05, 3.63) is 17.1 Å². The number of rotatable bonds is 2. The minimum Gasteiger partial charge on any atom is -0.273 e. The largest absolute Gasteiger partial charge is 0.273 e. The lowest BCUT2D eigenvalue weighted by atomic mass is 10.3. The molecule has 3 nitrogen and oxygen atoms in total. The van der Waals surface area contributed by atoms with Gasteiger partial charge < -0.3 is 0 Å². The maximum Gasteiger partial charge on any atom is 0.244 e. The Bertz CT molecular complexity index is 195. The van der Waals surface area contributed by atoms with Crippen molar-refractivity contribution < 1.29 is 4.79 Å². The second-order valence-electron chi connectivity index (χ2n) is 1.59. The van der Waals surface area contributed by atoms with E-state index < -0.39 is 5.91 Å². The molecular weight excluding hydrogens is 136 g/mol. The van der Waals surface area contributed by atoms with E-state index in [9.17, 15) is 4.79 Å². The Morgan fingerprint density at radius 2 is 2.67 bits per heavy atom. The van der Waals surface area contributed by atoms with Gasteiger partial charge in [-0.3, -0.25) is 10.5 Å². The van der Waals surface area contributed by atoms with Crippen molar-refractivity contribution in [3.63, 3.8) is 0 Å². The summed E-state index contributed by atoms with van der Waals surface area (Å²) in [6.07, 6.45) is 0.142. The van der Waals surface area contributed by atoms with Crippen molar-refractivity contribution in [3.8, 4) is 0 Å². The molecule has 1 rings (SSSR count). The van der Waals surface area contributed by atoms with Crippen molar-refractivity contribution in [1.82, 2.24) is 10.1 Å². The average Bonchev–Trinajstić information content (AvgIpc) is 2.15. The molecule has 0 fully saturated rings. The van der Waals surface area contributed by atoms with E-state index in [1.54, 1.807) is 11.4 Å². The Morgan fingerprint density at radius 3 is 3.11 bits per heavy atom. The van der Waals surface area contributed by atoms with Crippen molar-refractivity contribution in [2.45, 2.75) is 6.42 Å². The first-order chi connectivity index (χ1) is 4.29. The highest BCUT2D eigenvalue weighted by atomic mass is 32.1. The van der Waals surface area contributed by atoms with Crippen molar-refractivity contribution in [2.24, 2.45) is 0 Å². The van der Waals surface area contributed by atoms with E-state index in [-0.39, 0.29) is 6.42 Å². The van der Waals surface area contributed by atoms with Gasteiger partial charge in [0.05, 0.1) is 12.1 Å². The number of aromatic nitrogens is 1. The quantitative estimate of drug-likeness (QED) is 0.602. The van der Waals surface area contributed by atoms with Crippen LogP contribution < -0.4 is 5.73 Å². The summed E-state index contributed by atoms with van der Waals surface area (Å²) in [7, 11) is 0. The summed E-state index contributed by atoms with van der Waals surface area (Å²) in [6, 6.07) is 1.75. The third kappa shape index (κ3) is 1.81. The minimum atomic E-state index is -0.583. The monoisotopic (exact) mass is 141 g/mol. The van der Waals surface area contributed by atoms with Crippen LogP contribution in [-0.4, -0.2) is 10.3 Å². The number of nitrogens with zero attached hydrogens (tertiary/aromatic N) is 1. The zero-order chi connectivity index (χ0) is 6.69. The molecule has 0 aliphatic heterocycles. The zero-order valence-corrected chi connectivity index (χ0v) is 5.44. The molecule has 0 aromatic carbocycles. The number of hydrogen-bond donors (Lipinski definition) is 0. The van der Waals surface area contributed by atoms with Crippen molar-refractivity contribution >= 4 is 17.4 Å². The fourth-order valence-electron chi connectivity index (χ4n) is 0.493. The summed E-state index contributed by atoms with van der Waals surface area (Å²) in [5, 5.41) is 1.79. The van der Waals surface area contributed by atoms with Gasteiger partial charge in [-0.25, -0.2) is 0 Å². The number of amides is 1. The third-order valence-electron chi connectivity index (χ3n) is 0.833. The Balaban J connectivity index is 2.58. The summed E-state index contributed by atoms with van der Waals surface area (Å²) in [4.78, 5) is 10.1. The van der Waals surface area contributed by atoms with E-state index in [2.05, 4.69) is 4.37 Å². The smallest absolute Gasteiger partial charge is 0.244 e. The molecule has 0 saturated heterocycles. The highest BCUT2D eigenvalue weighted by Gasteiger charge is 1.98. The van der Waals surface area contributed by atoms with Gasteiger partial charge in [-0.1, -0.05) is 0 Å². The number of carbonyl (C=O) groups is 1. The van der Waals surface area contributed by atoms with Crippen LogP contribution in [0, 0.1) is 0 Å². The Hall–Kier alpha value is -0.900. The first kappa shape index (κ1) is 6.22. The van der Waals surface area contributed by atoms with Crippen LogP contribution in [0.5, 0.6) is 0 Å². The van der Waals surface area contributed by atoms with Gasteiger partial charge in [0.1, 0.15) is 0 Å². The second-order valence-corrected chi connectivity index (χ2v) is 2.26. The molecule has 0 aliphatic rings. The predicted molar refractivity (Wildman–Crippen MR) is 33.9 cm³/mol. The molecule has 4 heteroatoms. The molecule has 0 spiro atoms. The average molecular weight is 141 g/mol. The van der Waals surface area contributed by atoms with Crippen LogP contribution in [0.4, 0.5) is 0 Å². The second kappa shape index (κ2) is 2.59. The fourth-order valence-corrected chi connectivity index (χ4v) is 1.03.